The number of carbonyl (C=O) groups is 1. The largest absolute Gasteiger partial charge is 0.384 e. The van der Waals surface area contributed by atoms with Gasteiger partial charge in [0.25, 0.3) is 0 Å². The summed E-state index contributed by atoms with van der Waals surface area (Å²) in [4.78, 5) is 14.2. The van der Waals surface area contributed by atoms with Gasteiger partial charge in [-0.05, 0) is 31.9 Å². The molecule has 4 N–H and O–H groups in total. The molecule has 1 amide bonds. The summed E-state index contributed by atoms with van der Waals surface area (Å²) in [7, 11) is 1.90. The van der Waals surface area contributed by atoms with Crippen molar-refractivity contribution in [3.8, 4) is 0 Å². The van der Waals surface area contributed by atoms with Crippen molar-refractivity contribution in [1.82, 2.24) is 10.2 Å². The van der Waals surface area contributed by atoms with E-state index in [9.17, 15) is 4.79 Å². The van der Waals surface area contributed by atoms with E-state index in [2.05, 4.69) is 30.4 Å². The Hall–Kier alpha value is -2.53. The van der Waals surface area contributed by atoms with Crippen LogP contribution in [0.25, 0.3) is 11.8 Å². The standard InChI is InChI=1S/C20H28N4O/c1-5-16-17(8-6-9-18(16)22-13-7-12-21)15(3)24(4)19-11-10-14(2)23-20(19)25/h5-6,8-9,19,22H,1-3,7,10-13,21H2,4H3,(H,23,25). The van der Waals surface area contributed by atoms with Gasteiger partial charge >= 0.3 is 0 Å². The molecule has 0 radical (unpaired) electrons. The Morgan fingerprint density at radius 2 is 2.28 bits per heavy atom. The molecular formula is C20H28N4O. The van der Waals surface area contributed by atoms with E-state index in [4.69, 9.17) is 5.73 Å². The van der Waals surface area contributed by atoms with Gasteiger partial charge in [-0.3, -0.25) is 4.79 Å². The van der Waals surface area contributed by atoms with E-state index in [-0.39, 0.29) is 11.9 Å². The molecule has 5 nitrogen and oxygen atoms in total. The van der Waals surface area contributed by atoms with Gasteiger partial charge in [0.2, 0.25) is 5.91 Å². The fourth-order valence-corrected chi connectivity index (χ4v) is 3.03. The highest BCUT2D eigenvalue weighted by molar-refractivity contribution is 5.87. The number of rotatable bonds is 8. The summed E-state index contributed by atoms with van der Waals surface area (Å²) >= 11 is 0. The number of amides is 1. The lowest BCUT2D eigenvalue weighted by molar-refractivity contribution is -0.125. The number of carbonyl (C=O) groups excluding carboxylic acids is 1. The van der Waals surface area contributed by atoms with Crippen LogP contribution in [0.3, 0.4) is 0 Å². The fraction of sp³-hybridized carbons (Fsp3) is 0.350. The molecule has 5 heteroatoms. The molecule has 1 aromatic rings. The number of hydrogen-bond donors (Lipinski definition) is 3. The molecule has 0 bridgehead atoms. The third-order valence-electron chi connectivity index (χ3n) is 4.53. The second-order valence-electron chi connectivity index (χ2n) is 6.24. The Morgan fingerprint density at radius 1 is 1.52 bits per heavy atom. The van der Waals surface area contributed by atoms with E-state index in [0.29, 0.717) is 6.54 Å². The van der Waals surface area contributed by atoms with E-state index >= 15 is 0 Å². The first-order chi connectivity index (χ1) is 12.0. The van der Waals surface area contributed by atoms with Crippen molar-refractivity contribution in [1.29, 1.82) is 0 Å². The number of anilines is 1. The molecule has 1 aliphatic rings. The third kappa shape index (κ3) is 4.31. The molecule has 0 saturated carbocycles. The van der Waals surface area contributed by atoms with Gasteiger partial charge in [0, 0.05) is 41.8 Å². The van der Waals surface area contributed by atoms with Gasteiger partial charge in [-0.2, -0.15) is 0 Å². The Labute approximate surface area is 150 Å². The number of benzene rings is 1. The van der Waals surface area contributed by atoms with Crippen LogP contribution in [0.15, 0.2) is 43.6 Å². The second kappa shape index (κ2) is 8.53. The van der Waals surface area contributed by atoms with Gasteiger partial charge in [-0.15, -0.1) is 0 Å². The molecule has 134 valence electrons. The monoisotopic (exact) mass is 340 g/mol. The number of nitrogens with zero attached hydrogens (tertiary/aromatic N) is 1. The van der Waals surface area contributed by atoms with Crippen LogP contribution in [0.5, 0.6) is 0 Å². The van der Waals surface area contributed by atoms with Crippen molar-refractivity contribution in [3.63, 3.8) is 0 Å². The molecule has 1 aromatic carbocycles. The molecule has 1 heterocycles. The molecule has 2 rings (SSSR count). The Balaban J connectivity index is 2.23. The van der Waals surface area contributed by atoms with Gasteiger partial charge in [0.05, 0.1) is 0 Å². The normalized spacial score (nSPS) is 17.0. The topological polar surface area (TPSA) is 70.4 Å². The zero-order valence-electron chi connectivity index (χ0n) is 15.0. The molecule has 1 unspecified atom stereocenters. The summed E-state index contributed by atoms with van der Waals surface area (Å²) in [6.45, 7) is 13.5. The SMILES string of the molecule is C=Cc1c(NCCCN)cccc1C(=C)N(C)C1CCC(=C)NC1=O. The van der Waals surface area contributed by atoms with Gasteiger partial charge in [-0.25, -0.2) is 0 Å². The maximum Gasteiger partial charge on any atom is 0.246 e. The van der Waals surface area contributed by atoms with Gasteiger partial charge in [-0.1, -0.05) is 37.9 Å². The van der Waals surface area contributed by atoms with Gasteiger partial charge in [0.1, 0.15) is 6.04 Å². The van der Waals surface area contributed by atoms with E-state index in [1.807, 2.05) is 36.2 Å². The molecule has 1 aliphatic heterocycles. The molecule has 25 heavy (non-hydrogen) atoms. The van der Waals surface area contributed by atoms with Crippen LogP contribution in [0.2, 0.25) is 0 Å². The highest BCUT2D eigenvalue weighted by atomic mass is 16.2. The summed E-state index contributed by atoms with van der Waals surface area (Å²) in [6.07, 6.45) is 4.23. The smallest absolute Gasteiger partial charge is 0.246 e. The number of nitrogens with one attached hydrogen (secondary N) is 2. The van der Waals surface area contributed by atoms with Gasteiger partial charge in [0.15, 0.2) is 0 Å². The van der Waals surface area contributed by atoms with Crippen LogP contribution in [0.1, 0.15) is 30.4 Å². The Bertz CT molecular complexity index is 680. The first-order valence-electron chi connectivity index (χ1n) is 8.59. The zero-order chi connectivity index (χ0) is 18.4. The maximum atomic E-state index is 12.3. The van der Waals surface area contributed by atoms with Crippen molar-refractivity contribution >= 4 is 23.4 Å². The molecule has 1 fully saturated rings. The molecule has 0 aliphatic carbocycles. The van der Waals surface area contributed by atoms with Crippen LogP contribution in [-0.4, -0.2) is 37.0 Å². The minimum atomic E-state index is -0.246. The minimum absolute atomic E-state index is 0.0303. The third-order valence-corrected chi connectivity index (χ3v) is 4.53. The van der Waals surface area contributed by atoms with E-state index in [0.717, 1.165) is 54.0 Å². The average Bonchev–Trinajstić information content (AvgIpc) is 2.60. The molecule has 1 saturated heterocycles. The predicted molar refractivity (Wildman–Crippen MR) is 106 cm³/mol. The summed E-state index contributed by atoms with van der Waals surface area (Å²) in [6, 6.07) is 5.75. The molecule has 1 atom stereocenters. The number of hydrogen-bond acceptors (Lipinski definition) is 4. The highest BCUT2D eigenvalue weighted by Crippen LogP contribution is 2.30. The highest BCUT2D eigenvalue weighted by Gasteiger charge is 2.29. The predicted octanol–water partition coefficient (Wildman–Crippen LogP) is 2.79. The first-order valence-corrected chi connectivity index (χ1v) is 8.59. The zero-order valence-corrected chi connectivity index (χ0v) is 15.0. The summed E-state index contributed by atoms with van der Waals surface area (Å²) in [5.41, 5.74) is 10.1. The number of likely N-dealkylation sites (N-methyl/N-ethyl adjacent to an activating group) is 1. The lowest BCUT2D eigenvalue weighted by atomic mass is 9.98. The van der Waals surface area contributed by atoms with Crippen LogP contribution in [0, 0.1) is 0 Å². The number of piperidine rings is 1. The van der Waals surface area contributed by atoms with E-state index in [1.165, 1.54) is 0 Å². The first kappa shape index (κ1) is 18.8. The number of nitrogens with two attached hydrogens (primary N) is 1. The van der Waals surface area contributed by atoms with Crippen LogP contribution in [-0.2, 0) is 4.79 Å². The quantitative estimate of drug-likeness (QED) is 0.637. The van der Waals surface area contributed by atoms with Crippen molar-refractivity contribution in [3.05, 3.63) is 54.8 Å². The fourth-order valence-electron chi connectivity index (χ4n) is 3.03. The van der Waals surface area contributed by atoms with Crippen LogP contribution in [0.4, 0.5) is 5.69 Å². The van der Waals surface area contributed by atoms with E-state index in [1.54, 1.807) is 0 Å². The van der Waals surface area contributed by atoms with Crippen molar-refractivity contribution < 1.29 is 4.79 Å². The summed E-state index contributed by atoms with van der Waals surface area (Å²) < 4.78 is 0. The second-order valence-corrected chi connectivity index (χ2v) is 6.24. The van der Waals surface area contributed by atoms with E-state index < -0.39 is 0 Å². The lowest BCUT2D eigenvalue weighted by Gasteiger charge is -2.34. The van der Waals surface area contributed by atoms with Crippen molar-refractivity contribution in [2.45, 2.75) is 25.3 Å². The van der Waals surface area contributed by atoms with Crippen molar-refractivity contribution in [2.24, 2.45) is 5.73 Å². The minimum Gasteiger partial charge on any atom is -0.384 e. The average molecular weight is 340 g/mol. The lowest BCUT2D eigenvalue weighted by Crippen LogP contribution is -2.47. The Morgan fingerprint density at radius 3 is 2.92 bits per heavy atom. The number of allylic oxidation sites excluding steroid dienone is 1. The molecule has 0 aromatic heterocycles. The summed E-state index contributed by atoms with van der Waals surface area (Å²) in [5.74, 6) is -0.0303. The van der Waals surface area contributed by atoms with Crippen LogP contribution < -0.4 is 16.4 Å². The molecular weight excluding hydrogens is 312 g/mol. The Kier molecular flexibility index (Phi) is 6.42. The maximum absolute atomic E-state index is 12.3. The van der Waals surface area contributed by atoms with Gasteiger partial charge < -0.3 is 21.3 Å². The van der Waals surface area contributed by atoms with Crippen LogP contribution >= 0.6 is 0 Å². The van der Waals surface area contributed by atoms with Crippen molar-refractivity contribution in [2.75, 3.05) is 25.5 Å². The summed E-state index contributed by atoms with van der Waals surface area (Å²) in [5, 5.41) is 6.22. The molecule has 0 spiro atoms.